The van der Waals surface area contributed by atoms with E-state index in [1.54, 1.807) is 0 Å². The second-order valence-corrected chi connectivity index (χ2v) is 11.0. The van der Waals surface area contributed by atoms with Crippen LogP contribution in [0.3, 0.4) is 0 Å². The number of piperidine rings is 1. The smallest absolute Gasteiger partial charge is 0.323 e. The van der Waals surface area contributed by atoms with Gasteiger partial charge in [0.15, 0.2) is 5.82 Å². The third kappa shape index (κ3) is 5.68. The number of aliphatic hydroxyl groups excluding tert-OH is 1. The van der Waals surface area contributed by atoms with Gasteiger partial charge < -0.3 is 25.4 Å². The molecule has 37 heavy (non-hydrogen) atoms. The Morgan fingerprint density at radius 1 is 0.946 bits per heavy atom. The molecule has 3 heterocycles. The monoisotopic (exact) mass is 511 g/mol. The van der Waals surface area contributed by atoms with Gasteiger partial charge in [0, 0.05) is 37.3 Å². The first-order valence-corrected chi connectivity index (χ1v) is 14.2. The first-order valence-electron chi connectivity index (χ1n) is 14.2. The van der Waals surface area contributed by atoms with Crippen molar-refractivity contribution in [3.05, 3.63) is 34.6 Å². The summed E-state index contributed by atoms with van der Waals surface area (Å²) in [6.07, 6.45) is 13.9. The Hall–Kier alpha value is -2.49. The predicted octanol–water partition coefficient (Wildman–Crippen LogP) is 3.12. The Labute approximate surface area is 218 Å². The highest BCUT2D eigenvalue weighted by molar-refractivity contribution is 5.76. The van der Waals surface area contributed by atoms with E-state index in [0.717, 1.165) is 23.9 Å². The average molecular weight is 512 g/mol. The number of nitrogens with zero attached hydrogens (tertiary/aromatic N) is 3. The third-order valence-electron chi connectivity index (χ3n) is 8.71. The second-order valence-electron chi connectivity index (χ2n) is 11.0. The fraction of sp³-hybridized carbons (Fsp3) is 0.679. The summed E-state index contributed by atoms with van der Waals surface area (Å²) in [7, 11) is 0. The lowest BCUT2D eigenvalue weighted by atomic mass is 9.89. The highest BCUT2D eigenvalue weighted by atomic mass is 16.4. The first-order chi connectivity index (χ1) is 18.1. The molecule has 4 N–H and O–H groups in total. The number of aliphatic carboxylic acids is 1. The van der Waals surface area contributed by atoms with Gasteiger partial charge in [0.05, 0.1) is 17.6 Å². The fourth-order valence-corrected chi connectivity index (χ4v) is 7.01. The summed E-state index contributed by atoms with van der Waals surface area (Å²) in [4.78, 5) is 32.3. The van der Waals surface area contributed by atoms with Crippen molar-refractivity contribution in [1.29, 1.82) is 0 Å². The Bertz CT molecular complexity index is 1120. The van der Waals surface area contributed by atoms with E-state index in [0.29, 0.717) is 30.5 Å². The number of carboxylic acid groups (broad SMARTS) is 1. The number of fused-ring (bicyclic) bond motifs is 3. The van der Waals surface area contributed by atoms with Crippen molar-refractivity contribution in [1.82, 2.24) is 19.8 Å². The molecule has 2 aromatic rings. The molecular weight excluding hydrogens is 470 g/mol. The summed E-state index contributed by atoms with van der Waals surface area (Å²) in [5.41, 5.74) is 1.55. The van der Waals surface area contributed by atoms with E-state index < -0.39 is 18.6 Å². The minimum atomic E-state index is -1.10. The van der Waals surface area contributed by atoms with E-state index in [2.05, 4.69) is 20.5 Å². The number of hydrogen-bond donors (Lipinski definition) is 4. The van der Waals surface area contributed by atoms with Crippen LogP contribution in [0, 0.1) is 0 Å². The fourth-order valence-electron chi connectivity index (χ4n) is 7.01. The maximum atomic E-state index is 13.7. The van der Waals surface area contributed by atoms with Gasteiger partial charge in [-0.1, -0.05) is 44.2 Å². The van der Waals surface area contributed by atoms with E-state index in [-0.39, 0.29) is 18.1 Å². The van der Waals surface area contributed by atoms with Crippen LogP contribution in [0.2, 0.25) is 0 Å². The van der Waals surface area contributed by atoms with E-state index in [9.17, 15) is 14.7 Å². The molecule has 0 spiro atoms. The molecule has 2 aliphatic heterocycles. The number of aromatic nitrogens is 2. The van der Waals surface area contributed by atoms with E-state index >= 15 is 0 Å². The standard InChI is InChI=1S/C28H41N5O4/c34-18-24(28(36)37)29-14-15-30-26-27(35)33(25-11-7-6-10-23(25)31-26)22-16-20-12-13-21(17-22)32(20)19-8-4-2-1-3-5-9-19/h6-7,10-11,19-22,24,29,34H,1-5,8-9,12-18H2,(H,30,31)(H,36,37)/t20-,21?,22?,24?/m0/s1. The first kappa shape index (κ1) is 26.1. The Kier molecular flexibility index (Phi) is 8.42. The summed E-state index contributed by atoms with van der Waals surface area (Å²) in [6, 6.07) is 8.75. The zero-order valence-corrected chi connectivity index (χ0v) is 21.6. The molecule has 1 saturated carbocycles. The molecule has 3 aliphatic rings. The minimum Gasteiger partial charge on any atom is -0.480 e. The molecule has 4 atom stereocenters. The summed E-state index contributed by atoms with van der Waals surface area (Å²) in [5.74, 6) is -0.805. The molecule has 2 saturated heterocycles. The molecule has 202 valence electrons. The van der Waals surface area contributed by atoms with Gasteiger partial charge in [-0.25, -0.2) is 4.98 Å². The van der Waals surface area contributed by atoms with Gasteiger partial charge in [-0.2, -0.15) is 0 Å². The van der Waals surface area contributed by atoms with Gasteiger partial charge in [0.2, 0.25) is 0 Å². The van der Waals surface area contributed by atoms with Crippen molar-refractivity contribution in [3.63, 3.8) is 0 Å². The zero-order chi connectivity index (χ0) is 25.8. The molecule has 1 aromatic carbocycles. The predicted molar refractivity (Wildman–Crippen MR) is 144 cm³/mol. The van der Waals surface area contributed by atoms with E-state index in [1.807, 2.05) is 28.8 Å². The molecule has 1 aromatic heterocycles. The van der Waals surface area contributed by atoms with Crippen LogP contribution in [0.25, 0.3) is 11.0 Å². The Morgan fingerprint density at radius 2 is 1.62 bits per heavy atom. The van der Waals surface area contributed by atoms with Crippen LogP contribution in [0.5, 0.6) is 0 Å². The largest absolute Gasteiger partial charge is 0.480 e. The van der Waals surface area contributed by atoms with E-state index in [1.165, 1.54) is 57.8 Å². The van der Waals surface area contributed by atoms with Crippen LogP contribution in [-0.4, -0.2) is 74.5 Å². The number of benzene rings is 1. The number of carbonyl (C=O) groups is 1. The van der Waals surface area contributed by atoms with Crippen molar-refractivity contribution in [3.8, 4) is 0 Å². The highest BCUT2D eigenvalue weighted by Crippen LogP contribution is 2.44. The van der Waals surface area contributed by atoms with Crippen molar-refractivity contribution < 1.29 is 15.0 Å². The molecule has 9 nitrogen and oxygen atoms in total. The topological polar surface area (TPSA) is 120 Å². The highest BCUT2D eigenvalue weighted by Gasteiger charge is 2.44. The van der Waals surface area contributed by atoms with Crippen LogP contribution in [-0.2, 0) is 4.79 Å². The summed E-state index contributed by atoms with van der Waals surface area (Å²) in [6.45, 7) is 0.128. The van der Waals surface area contributed by atoms with Gasteiger partial charge >= 0.3 is 5.97 Å². The van der Waals surface area contributed by atoms with Crippen molar-refractivity contribution >= 4 is 22.8 Å². The number of nitrogens with one attached hydrogen (secondary N) is 2. The van der Waals surface area contributed by atoms with Crippen molar-refractivity contribution in [2.75, 3.05) is 25.0 Å². The molecule has 0 amide bonds. The number of hydrogen-bond acceptors (Lipinski definition) is 7. The van der Waals surface area contributed by atoms with Gasteiger partial charge in [-0.3, -0.25) is 14.5 Å². The van der Waals surface area contributed by atoms with Gasteiger partial charge in [-0.05, 0) is 50.7 Å². The number of rotatable bonds is 9. The van der Waals surface area contributed by atoms with Gasteiger partial charge in [-0.15, -0.1) is 0 Å². The minimum absolute atomic E-state index is 0.112. The molecule has 3 fully saturated rings. The quantitative estimate of drug-likeness (QED) is 0.379. The maximum Gasteiger partial charge on any atom is 0.323 e. The van der Waals surface area contributed by atoms with Crippen LogP contribution in [0.15, 0.2) is 29.1 Å². The number of carboxylic acids is 1. The molecular formula is C28H41N5O4. The van der Waals surface area contributed by atoms with Crippen LogP contribution >= 0.6 is 0 Å². The maximum absolute atomic E-state index is 13.7. The second kappa shape index (κ2) is 11.9. The lowest BCUT2D eigenvalue weighted by Gasteiger charge is -2.45. The third-order valence-corrected chi connectivity index (χ3v) is 8.71. The summed E-state index contributed by atoms with van der Waals surface area (Å²) < 4.78 is 1.98. The molecule has 2 bridgehead atoms. The molecule has 9 heteroatoms. The Balaban J connectivity index is 1.34. The molecule has 5 rings (SSSR count). The zero-order valence-electron chi connectivity index (χ0n) is 21.6. The average Bonchev–Trinajstić information content (AvgIpc) is 3.12. The normalized spacial score (nSPS) is 26.0. The van der Waals surface area contributed by atoms with Crippen LogP contribution in [0.4, 0.5) is 5.82 Å². The SMILES string of the molecule is O=C(O)C(CO)NCCNc1nc2ccccc2n(C2CC3CC[C@@H](C2)N3C2CCCCCCC2)c1=O. The van der Waals surface area contributed by atoms with Crippen molar-refractivity contribution in [2.45, 2.75) is 101 Å². The van der Waals surface area contributed by atoms with Crippen molar-refractivity contribution in [2.24, 2.45) is 0 Å². The van der Waals surface area contributed by atoms with Crippen LogP contribution < -0.4 is 16.2 Å². The van der Waals surface area contributed by atoms with Gasteiger partial charge in [0.25, 0.3) is 5.56 Å². The Morgan fingerprint density at radius 3 is 2.30 bits per heavy atom. The summed E-state index contributed by atoms with van der Waals surface area (Å²) >= 11 is 0. The number of aliphatic hydroxyl groups is 1. The van der Waals surface area contributed by atoms with E-state index in [4.69, 9.17) is 5.11 Å². The van der Waals surface area contributed by atoms with Gasteiger partial charge in [0.1, 0.15) is 6.04 Å². The molecule has 3 unspecified atom stereocenters. The van der Waals surface area contributed by atoms with Crippen LogP contribution in [0.1, 0.15) is 76.7 Å². The lowest BCUT2D eigenvalue weighted by Crippen LogP contribution is -2.50. The lowest BCUT2D eigenvalue weighted by molar-refractivity contribution is -0.140. The number of para-hydroxylation sites is 2. The molecule has 1 aliphatic carbocycles. The summed E-state index contributed by atoms with van der Waals surface area (Å²) in [5, 5.41) is 24.2. The number of anilines is 1. The molecule has 0 radical (unpaired) electrons.